The van der Waals surface area contributed by atoms with Gasteiger partial charge in [0, 0.05) is 13.5 Å². The Kier molecular flexibility index (Phi) is 5.25. The third kappa shape index (κ3) is 4.09. The van der Waals surface area contributed by atoms with Gasteiger partial charge >= 0.3 is 5.97 Å². The normalized spacial score (nSPS) is 11.7. The lowest BCUT2D eigenvalue weighted by Crippen LogP contribution is -2.44. The minimum Gasteiger partial charge on any atom is -0.480 e. The first-order valence-corrected chi connectivity index (χ1v) is 5.85. The number of hydrogen-bond acceptors (Lipinski definition) is 3. The summed E-state index contributed by atoms with van der Waals surface area (Å²) in [6, 6.07) is 3.95. The van der Waals surface area contributed by atoms with Crippen molar-refractivity contribution in [1.29, 1.82) is 0 Å². The average Bonchev–Trinajstić information content (AvgIpc) is 2.28. The zero-order chi connectivity index (χ0) is 13.7. The van der Waals surface area contributed by atoms with E-state index in [0.29, 0.717) is 15.7 Å². The van der Waals surface area contributed by atoms with Gasteiger partial charge in [-0.2, -0.15) is 0 Å². The molecule has 0 aliphatic carbocycles. The molecule has 0 saturated heterocycles. The van der Waals surface area contributed by atoms with E-state index >= 15 is 0 Å². The molecular formula is C11H12Cl2N2O3. The summed E-state index contributed by atoms with van der Waals surface area (Å²) in [6.45, 7) is 1.26. The molecule has 1 unspecified atom stereocenters. The van der Waals surface area contributed by atoms with Crippen molar-refractivity contribution in [2.75, 3.05) is 11.9 Å². The first-order valence-electron chi connectivity index (χ1n) is 5.09. The Hall–Kier alpha value is -1.46. The fourth-order valence-electron chi connectivity index (χ4n) is 1.30. The number of hydrogen-bond donors (Lipinski definition) is 3. The van der Waals surface area contributed by atoms with Crippen molar-refractivity contribution in [1.82, 2.24) is 5.32 Å². The second kappa shape index (κ2) is 6.47. The number of carbonyl (C=O) groups is 2. The van der Waals surface area contributed by atoms with E-state index in [-0.39, 0.29) is 6.54 Å². The van der Waals surface area contributed by atoms with Gasteiger partial charge in [-0.1, -0.05) is 29.3 Å². The Morgan fingerprint density at radius 2 is 2.06 bits per heavy atom. The molecule has 1 aromatic rings. The fraction of sp³-hybridized carbons (Fsp3) is 0.273. The van der Waals surface area contributed by atoms with Gasteiger partial charge in [0.2, 0.25) is 5.91 Å². The van der Waals surface area contributed by atoms with E-state index < -0.39 is 17.9 Å². The van der Waals surface area contributed by atoms with Crippen molar-refractivity contribution in [2.45, 2.75) is 13.0 Å². The van der Waals surface area contributed by atoms with Gasteiger partial charge in [0.1, 0.15) is 6.04 Å². The van der Waals surface area contributed by atoms with Crippen molar-refractivity contribution in [2.24, 2.45) is 0 Å². The lowest BCUT2D eigenvalue weighted by Gasteiger charge is -2.15. The first kappa shape index (κ1) is 14.6. The maximum absolute atomic E-state index is 10.9. The summed E-state index contributed by atoms with van der Waals surface area (Å²) < 4.78 is 0. The highest BCUT2D eigenvalue weighted by atomic mass is 35.5. The first-order chi connectivity index (χ1) is 8.41. The van der Waals surface area contributed by atoms with Crippen molar-refractivity contribution < 1.29 is 14.7 Å². The minimum absolute atomic E-state index is 0.00890. The summed E-state index contributed by atoms with van der Waals surface area (Å²) in [5, 5.41) is 14.7. The number of carboxylic acid groups (broad SMARTS) is 1. The molecule has 0 bridgehead atoms. The number of carbonyl (C=O) groups excluding carboxylic acids is 1. The number of aliphatic carboxylic acids is 1. The van der Waals surface area contributed by atoms with Gasteiger partial charge < -0.3 is 15.7 Å². The molecule has 0 radical (unpaired) electrons. The monoisotopic (exact) mass is 290 g/mol. The third-order valence-electron chi connectivity index (χ3n) is 2.12. The SMILES string of the molecule is CC(=O)NC(CNc1cccc(Cl)c1Cl)C(=O)O. The Bertz CT molecular complexity index is 466. The predicted molar refractivity (Wildman–Crippen MR) is 70.2 cm³/mol. The lowest BCUT2D eigenvalue weighted by atomic mass is 10.2. The van der Waals surface area contributed by atoms with Crippen LogP contribution in [0.1, 0.15) is 6.92 Å². The second-order valence-electron chi connectivity index (χ2n) is 3.57. The summed E-state index contributed by atoms with van der Waals surface area (Å²) in [5.74, 6) is -1.54. The maximum atomic E-state index is 10.9. The number of anilines is 1. The highest BCUT2D eigenvalue weighted by molar-refractivity contribution is 6.43. The molecule has 3 N–H and O–H groups in total. The molecular weight excluding hydrogens is 279 g/mol. The van der Waals surface area contributed by atoms with Gasteiger partial charge in [-0.3, -0.25) is 4.79 Å². The van der Waals surface area contributed by atoms with Crippen LogP contribution in [0.3, 0.4) is 0 Å². The van der Waals surface area contributed by atoms with E-state index in [0.717, 1.165) is 0 Å². The molecule has 0 heterocycles. The van der Waals surface area contributed by atoms with Gasteiger partial charge in [-0.25, -0.2) is 4.79 Å². The molecule has 1 amide bonds. The number of nitrogens with one attached hydrogen (secondary N) is 2. The Balaban J connectivity index is 2.70. The highest BCUT2D eigenvalue weighted by Gasteiger charge is 2.18. The molecule has 1 aromatic carbocycles. The van der Waals surface area contributed by atoms with Crippen molar-refractivity contribution in [3.05, 3.63) is 28.2 Å². The van der Waals surface area contributed by atoms with Crippen LogP contribution in [0, 0.1) is 0 Å². The number of benzene rings is 1. The second-order valence-corrected chi connectivity index (χ2v) is 4.36. The van der Waals surface area contributed by atoms with E-state index in [1.165, 1.54) is 6.92 Å². The molecule has 0 aromatic heterocycles. The summed E-state index contributed by atoms with van der Waals surface area (Å²) in [5.41, 5.74) is 0.515. The topological polar surface area (TPSA) is 78.4 Å². The predicted octanol–water partition coefficient (Wildman–Crippen LogP) is 1.99. The van der Waals surface area contributed by atoms with Crippen LogP contribution in [0.5, 0.6) is 0 Å². The molecule has 0 spiro atoms. The summed E-state index contributed by atoms with van der Waals surface area (Å²) in [6.07, 6.45) is 0. The van der Waals surface area contributed by atoms with Crippen LogP contribution < -0.4 is 10.6 Å². The molecule has 0 aliphatic rings. The van der Waals surface area contributed by atoms with Crippen LogP contribution in [0.15, 0.2) is 18.2 Å². The zero-order valence-electron chi connectivity index (χ0n) is 9.54. The highest BCUT2D eigenvalue weighted by Crippen LogP contribution is 2.29. The fourth-order valence-corrected chi connectivity index (χ4v) is 1.67. The molecule has 98 valence electrons. The van der Waals surface area contributed by atoms with Crippen LogP contribution in [-0.4, -0.2) is 29.6 Å². The van der Waals surface area contributed by atoms with E-state index in [1.54, 1.807) is 18.2 Å². The number of rotatable bonds is 5. The molecule has 1 rings (SSSR count). The summed E-state index contributed by atoms with van der Waals surface area (Å²) >= 11 is 11.8. The molecule has 5 nitrogen and oxygen atoms in total. The number of carboxylic acids is 1. The van der Waals surface area contributed by atoms with Gasteiger partial charge in [0.25, 0.3) is 0 Å². The largest absolute Gasteiger partial charge is 0.480 e. The quantitative estimate of drug-likeness (QED) is 0.775. The molecule has 7 heteroatoms. The molecule has 0 saturated carbocycles. The minimum atomic E-state index is -1.13. The van der Waals surface area contributed by atoms with Crippen molar-refractivity contribution in [3.63, 3.8) is 0 Å². The van der Waals surface area contributed by atoms with Crippen LogP contribution in [0.2, 0.25) is 10.0 Å². The molecule has 1 atom stereocenters. The van der Waals surface area contributed by atoms with E-state index in [2.05, 4.69) is 10.6 Å². The van der Waals surface area contributed by atoms with E-state index in [9.17, 15) is 9.59 Å². The van der Waals surface area contributed by atoms with Gasteiger partial charge in [0.15, 0.2) is 0 Å². The third-order valence-corrected chi connectivity index (χ3v) is 2.94. The standard InChI is InChI=1S/C11H12Cl2N2O3/c1-6(16)15-9(11(17)18)5-14-8-4-2-3-7(12)10(8)13/h2-4,9,14H,5H2,1H3,(H,15,16)(H,17,18). The van der Waals surface area contributed by atoms with E-state index in [4.69, 9.17) is 28.3 Å². The average molecular weight is 291 g/mol. The smallest absolute Gasteiger partial charge is 0.328 e. The van der Waals surface area contributed by atoms with E-state index in [1.807, 2.05) is 0 Å². The molecule has 0 fully saturated rings. The Morgan fingerprint density at radius 1 is 1.39 bits per heavy atom. The Labute approximate surface area is 114 Å². The summed E-state index contributed by atoms with van der Waals surface area (Å²) in [7, 11) is 0. The van der Waals surface area contributed by atoms with Crippen LogP contribution in [0.4, 0.5) is 5.69 Å². The van der Waals surface area contributed by atoms with Gasteiger partial charge in [-0.15, -0.1) is 0 Å². The van der Waals surface area contributed by atoms with Crippen LogP contribution >= 0.6 is 23.2 Å². The lowest BCUT2D eigenvalue weighted by molar-refractivity contribution is -0.141. The van der Waals surface area contributed by atoms with Crippen LogP contribution in [-0.2, 0) is 9.59 Å². The van der Waals surface area contributed by atoms with Gasteiger partial charge in [0.05, 0.1) is 15.7 Å². The van der Waals surface area contributed by atoms with Crippen molar-refractivity contribution in [3.8, 4) is 0 Å². The maximum Gasteiger partial charge on any atom is 0.328 e. The molecule has 18 heavy (non-hydrogen) atoms. The summed E-state index contributed by atoms with van der Waals surface area (Å²) in [4.78, 5) is 21.7. The number of halogens is 2. The Morgan fingerprint density at radius 3 is 2.61 bits per heavy atom. The van der Waals surface area contributed by atoms with Gasteiger partial charge in [-0.05, 0) is 12.1 Å². The van der Waals surface area contributed by atoms with Crippen LogP contribution in [0.25, 0.3) is 0 Å². The number of amides is 1. The molecule has 0 aliphatic heterocycles. The zero-order valence-corrected chi connectivity index (χ0v) is 11.0. The van der Waals surface area contributed by atoms with Crippen molar-refractivity contribution >= 4 is 40.8 Å².